The van der Waals surface area contributed by atoms with E-state index in [1.807, 2.05) is 6.92 Å². The molecule has 0 heterocycles. The van der Waals surface area contributed by atoms with Crippen LogP contribution in [0.3, 0.4) is 0 Å². The molecule has 0 radical (unpaired) electrons. The van der Waals surface area contributed by atoms with Crippen LogP contribution < -0.4 is 0 Å². The summed E-state index contributed by atoms with van der Waals surface area (Å²) in [5.74, 6) is 0.921. The SMILES string of the molecule is C=CCC(=C)OC1C(OC)=C(OC)C(=O)C(C)C1C/C=C(\C)CC/C=C(\C)CCC=C(C)C. The van der Waals surface area contributed by atoms with Crippen molar-refractivity contribution in [1.29, 1.82) is 0 Å². The fourth-order valence-corrected chi connectivity index (χ4v) is 4.05. The molecule has 0 bridgehead atoms. The van der Waals surface area contributed by atoms with Crippen LogP contribution in [0, 0.1) is 11.8 Å². The minimum absolute atomic E-state index is 0.0468. The summed E-state index contributed by atoms with van der Waals surface area (Å²) in [6, 6.07) is 0. The Kier molecular flexibility index (Phi) is 12.6. The van der Waals surface area contributed by atoms with E-state index < -0.39 is 6.10 Å². The molecule has 33 heavy (non-hydrogen) atoms. The highest BCUT2D eigenvalue weighted by Crippen LogP contribution is 2.38. The molecule has 0 spiro atoms. The molecule has 0 aromatic rings. The highest BCUT2D eigenvalue weighted by Gasteiger charge is 2.44. The Morgan fingerprint density at radius 3 is 2.12 bits per heavy atom. The van der Waals surface area contributed by atoms with Crippen LogP contribution in [0.15, 0.2) is 71.5 Å². The lowest BCUT2D eigenvalue weighted by Gasteiger charge is -2.37. The predicted molar refractivity (Wildman–Crippen MR) is 138 cm³/mol. The minimum Gasteiger partial charge on any atom is -0.493 e. The van der Waals surface area contributed by atoms with E-state index in [-0.39, 0.29) is 23.4 Å². The molecule has 0 aromatic heterocycles. The van der Waals surface area contributed by atoms with Crippen LogP contribution >= 0.6 is 0 Å². The van der Waals surface area contributed by atoms with Crippen LogP contribution in [-0.2, 0) is 19.0 Å². The Morgan fingerprint density at radius 2 is 1.58 bits per heavy atom. The lowest BCUT2D eigenvalue weighted by atomic mass is 9.77. The number of ketones is 1. The quantitative estimate of drug-likeness (QED) is 0.199. The van der Waals surface area contributed by atoms with E-state index in [0.29, 0.717) is 17.9 Å². The molecule has 0 amide bonds. The third kappa shape index (κ3) is 9.11. The normalized spacial score (nSPS) is 21.5. The summed E-state index contributed by atoms with van der Waals surface area (Å²) in [5.41, 5.74) is 4.12. The summed E-state index contributed by atoms with van der Waals surface area (Å²) < 4.78 is 17.2. The molecule has 0 aromatic carbocycles. The van der Waals surface area contributed by atoms with E-state index in [1.54, 1.807) is 13.2 Å². The Labute approximate surface area is 201 Å². The molecule has 0 saturated carbocycles. The van der Waals surface area contributed by atoms with Gasteiger partial charge in [-0.1, -0.05) is 54.5 Å². The molecule has 3 atom stereocenters. The lowest BCUT2D eigenvalue weighted by Crippen LogP contribution is -2.41. The van der Waals surface area contributed by atoms with Crippen molar-refractivity contribution >= 4 is 5.78 Å². The van der Waals surface area contributed by atoms with Crippen molar-refractivity contribution < 1.29 is 19.0 Å². The molecule has 1 rings (SSSR count). The zero-order valence-corrected chi connectivity index (χ0v) is 21.8. The summed E-state index contributed by atoms with van der Waals surface area (Å²) in [4.78, 5) is 12.9. The van der Waals surface area contributed by atoms with Gasteiger partial charge in [-0.2, -0.15) is 0 Å². The molecule has 4 heteroatoms. The van der Waals surface area contributed by atoms with Crippen LogP contribution in [0.2, 0.25) is 0 Å². The van der Waals surface area contributed by atoms with Crippen LogP contribution in [-0.4, -0.2) is 26.1 Å². The van der Waals surface area contributed by atoms with E-state index >= 15 is 0 Å². The fraction of sp³-hybridized carbons (Fsp3) is 0.552. The van der Waals surface area contributed by atoms with E-state index in [9.17, 15) is 4.79 Å². The summed E-state index contributed by atoms with van der Waals surface area (Å²) >= 11 is 0. The number of ether oxygens (including phenoxy) is 3. The van der Waals surface area contributed by atoms with Gasteiger partial charge in [0.2, 0.25) is 11.5 Å². The van der Waals surface area contributed by atoms with Crippen molar-refractivity contribution in [2.75, 3.05) is 14.2 Å². The second-order valence-electron chi connectivity index (χ2n) is 9.18. The molecule has 1 aliphatic rings. The largest absolute Gasteiger partial charge is 0.493 e. The van der Waals surface area contributed by atoms with Crippen LogP contribution in [0.5, 0.6) is 0 Å². The molecule has 0 fully saturated rings. The number of rotatable bonds is 14. The van der Waals surface area contributed by atoms with Gasteiger partial charge in [0, 0.05) is 18.3 Å². The molecular weight excluding hydrogens is 412 g/mol. The van der Waals surface area contributed by atoms with E-state index in [1.165, 1.54) is 23.8 Å². The van der Waals surface area contributed by atoms with Crippen LogP contribution in [0.4, 0.5) is 0 Å². The maximum absolute atomic E-state index is 12.9. The zero-order chi connectivity index (χ0) is 25.0. The predicted octanol–water partition coefficient (Wildman–Crippen LogP) is 7.61. The van der Waals surface area contributed by atoms with Gasteiger partial charge in [-0.25, -0.2) is 0 Å². The number of methoxy groups -OCH3 is 2. The van der Waals surface area contributed by atoms with Gasteiger partial charge in [-0.15, -0.1) is 6.58 Å². The van der Waals surface area contributed by atoms with Gasteiger partial charge in [-0.05, 0) is 59.8 Å². The van der Waals surface area contributed by atoms with Crippen molar-refractivity contribution in [1.82, 2.24) is 0 Å². The smallest absolute Gasteiger partial charge is 0.204 e. The monoisotopic (exact) mass is 456 g/mol. The topological polar surface area (TPSA) is 44.8 Å². The molecule has 3 unspecified atom stereocenters. The summed E-state index contributed by atoms with van der Waals surface area (Å²) in [7, 11) is 3.04. The lowest BCUT2D eigenvalue weighted by molar-refractivity contribution is -0.128. The van der Waals surface area contributed by atoms with Crippen LogP contribution in [0.25, 0.3) is 0 Å². The second-order valence-corrected chi connectivity index (χ2v) is 9.18. The maximum atomic E-state index is 12.9. The maximum Gasteiger partial charge on any atom is 0.204 e. The average Bonchev–Trinajstić information content (AvgIpc) is 2.75. The number of hydrogen-bond donors (Lipinski definition) is 0. The van der Waals surface area contributed by atoms with Gasteiger partial charge in [-0.3, -0.25) is 4.79 Å². The first kappa shape index (κ1) is 28.5. The van der Waals surface area contributed by atoms with Gasteiger partial charge in [0.15, 0.2) is 11.9 Å². The number of hydrogen-bond acceptors (Lipinski definition) is 4. The molecule has 1 aliphatic carbocycles. The minimum atomic E-state index is -0.425. The Morgan fingerprint density at radius 1 is 0.970 bits per heavy atom. The first-order valence-corrected chi connectivity index (χ1v) is 11.9. The highest BCUT2D eigenvalue weighted by atomic mass is 16.5. The van der Waals surface area contributed by atoms with Crippen molar-refractivity contribution in [3.05, 3.63) is 71.5 Å². The van der Waals surface area contributed by atoms with Gasteiger partial charge >= 0.3 is 0 Å². The number of allylic oxidation sites excluding steroid dienone is 8. The third-order valence-electron chi connectivity index (χ3n) is 6.10. The second kappa shape index (κ2) is 14.6. The average molecular weight is 457 g/mol. The highest BCUT2D eigenvalue weighted by molar-refractivity contribution is 5.97. The first-order chi connectivity index (χ1) is 15.7. The molecule has 0 saturated heterocycles. The van der Waals surface area contributed by atoms with E-state index in [0.717, 1.165) is 32.1 Å². The van der Waals surface area contributed by atoms with Crippen molar-refractivity contribution in [2.24, 2.45) is 11.8 Å². The molecular formula is C29H44O4. The van der Waals surface area contributed by atoms with Crippen molar-refractivity contribution in [3.63, 3.8) is 0 Å². The van der Waals surface area contributed by atoms with Gasteiger partial charge < -0.3 is 14.2 Å². The molecule has 4 nitrogen and oxygen atoms in total. The van der Waals surface area contributed by atoms with Crippen LogP contribution in [0.1, 0.15) is 73.1 Å². The number of carbonyl (C=O) groups is 1. The zero-order valence-electron chi connectivity index (χ0n) is 21.8. The fourth-order valence-electron chi connectivity index (χ4n) is 4.05. The number of Topliss-reactive ketones (excluding diaryl/α,β-unsaturated/α-hetero) is 1. The molecule has 0 N–H and O–H groups in total. The Balaban J connectivity index is 2.92. The summed E-state index contributed by atoms with van der Waals surface area (Å²) in [5, 5.41) is 0. The van der Waals surface area contributed by atoms with Gasteiger partial charge in [0.25, 0.3) is 0 Å². The number of carbonyl (C=O) groups excluding carboxylic acids is 1. The Hall–Kier alpha value is -2.49. The third-order valence-corrected chi connectivity index (χ3v) is 6.10. The van der Waals surface area contributed by atoms with Crippen molar-refractivity contribution in [3.8, 4) is 0 Å². The summed E-state index contributed by atoms with van der Waals surface area (Å²) in [6.07, 6.45) is 13.7. The van der Waals surface area contributed by atoms with Gasteiger partial charge in [0.1, 0.15) is 0 Å². The molecule has 0 aliphatic heterocycles. The molecule has 184 valence electrons. The summed E-state index contributed by atoms with van der Waals surface area (Å²) in [6.45, 7) is 18.3. The van der Waals surface area contributed by atoms with Crippen molar-refractivity contribution in [2.45, 2.75) is 79.2 Å². The first-order valence-electron chi connectivity index (χ1n) is 11.9. The van der Waals surface area contributed by atoms with E-state index in [2.05, 4.69) is 59.1 Å². The van der Waals surface area contributed by atoms with Gasteiger partial charge in [0.05, 0.1) is 20.0 Å². The Bertz CT molecular complexity index is 805. The van der Waals surface area contributed by atoms with E-state index in [4.69, 9.17) is 14.2 Å². The standard InChI is InChI=1S/C29H44O4/c1-10-13-23(6)33-27-25(24(7)26(30)28(31-8)29(27)32-9)19-18-22(5)17-12-16-21(4)15-11-14-20(2)3/h10,14,16,18,24-25,27H,1,6,11-13,15,17,19H2,2-5,7-9H3/b21-16+,22-18+.